The Morgan fingerprint density at radius 2 is 1.93 bits per heavy atom. The molecule has 2 rings (SSSR count). The van der Waals surface area contributed by atoms with Gasteiger partial charge in [-0.3, -0.25) is 4.99 Å². The maximum absolute atomic E-state index is 5.83. The van der Waals surface area contributed by atoms with Crippen molar-refractivity contribution in [2.75, 3.05) is 60.1 Å². The van der Waals surface area contributed by atoms with Crippen molar-refractivity contribution in [2.45, 2.75) is 26.4 Å². The minimum atomic E-state index is 0. The summed E-state index contributed by atoms with van der Waals surface area (Å²) in [5.41, 5.74) is 1.22. The molecule has 1 atom stereocenters. The van der Waals surface area contributed by atoms with Crippen LogP contribution in [0, 0.1) is 11.8 Å². The van der Waals surface area contributed by atoms with E-state index in [4.69, 9.17) is 9.47 Å². The topological polar surface area (TPSA) is 58.1 Å². The van der Waals surface area contributed by atoms with Crippen molar-refractivity contribution in [3.8, 4) is 0 Å². The highest BCUT2D eigenvalue weighted by molar-refractivity contribution is 14.0. The summed E-state index contributed by atoms with van der Waals surface area (Å²) in [6.07, 6.45) is 2.47. The van der Waals surface area contributed by atoms with Crippen LogP contribution in [0.15, 0.2) is 35.3 Å². The SMILES string of the molecule is CN=C(NCC(C)COCc1ccccc1)NCC1CCN(CCOC)CC1.I. The van der Waals surface area contributed by atoms with Crippen LogP contribution in [-0.4, -0.2) is 71.0 Å². The molecule has 7 heteroatoms. The molecule has 29 heavy (non-hydrogen) atoms. The van der Waals surface area contributed by atoms with Crippen LogP contribution in [0.3, 0.4) is 0 Å². The second kappa shape index (κ2) is 15.9. The molecule has 1 aromatic rings. The Morgan fingerprint density at radius 1 is 1.21 bits per heavy atom. The summed E-state index contributed by atoms with van der Waals surface area (Å²) in [5, 5.41) is 6.92. The van der Waals surface area contributed by atoms with Crippen molar-refractivity contribution in [3.05, 3.63) is 35.9 Å². The van der Waals surface area contributed by atoms with E-state index in [1.54, 1.807) is 7.11 Å². The van der Waals surface area contributed by atoms with Crippen LogP contribution in [-0.2, 0) is 16.1 Å². The van der Waals surface area contributed by atoms with Crippen molar-refractivity contribution < 1.29 is 9.47 Å². The number of likely N-dealkylation sites (tertiary alicyclic amines) is 1. The maximum Gasteiger partial charge on any atom is 0.190 e. The number of methoxy groups -OCH3 is 1. The number of rotatable bonds is 11. The number of guanidine groups is 1. The van der Waals surface area contributed by atoms with E-state index < -0.39 is 0 Å². The van der Waals surface area contributed by atoms with Crippen molar-refractivity contribution in [1.82, 2.24) is 15.5 Å². The molecule has 1 fully saturated rings. The number of hydrogen-bond donors (Lipinski definition) is 2. The van der Waals surface area contributed by atoms with Gasteiger partial charge in [-0.05, 0) is 43.3 Å². The molecule has 1 aliphatic heterocycles. The van der Waals surface area contributed by atoms with Gasteiger partial charge in [0.2, 0.25) is 0 Å². The van der Waals surface area contributed by atoms with Crippen molar-refractivity contribution in [3.63, 3.8) is 0 Å². The molecule has 0 aromatic heterocycles. The van der Waals surface area contributed by atoms with Gasteiger partial charge in [0.05, 0.1) is 19.8 Å². The van der Waals surface area contributed by atoms with Crippen LogP contribution < -0.4 is 10.6 Å². The quantitative estimate of drug-likeness (QED) is 0.268. The van der Waals surface area contributed by atoms with Crippen molar-refractivity contribution >= 4 is 29.9 Å². The largest absolute Gasteiger partial charge is 0.383 e. The number of hydrogen-bond acceptors (Lipinski definition) is 4. The molecular weight excluding hydrogens is 479 g/mol. The zero-order valence-corrected chi connectivity index (χ0v) is 20.6. The number of nitrogens with zero attached hydrogens (tertiary/aromatic N) is 2. The van der Waals surface area contributed by atoms with Crippen molar-refractivity contribution in [2.24, 2.45) is 16.8 Å². The average molecular weight is 518 g/mol. The summed E-state index contributed by atoms with van der Waals surface area (Å²) in [4.78, 5) is 6.84. The Morgan fingerprint density at radius 3 is 2.59 bits per heavy atom. The van der Waals surface area contributed by atoms with E-state index in [0.717, 1.165) is 51.9 Å². The summed E-state index contributed by atoms with van der Waals surface area (Å²) in [6.45, 7) is 9.63. The third-order valence-corrected chi connectivity index (χ3v) is 5.23. The molecule has 1 aromatic carbocycles. The maximum atomic E-state index is 5.83. The summed E-state index contributed by atoms with van der Waals surface area (Å²) in [6, 6.07) is 10.3. The highest BCUT2D eigenvalue weighted by Crippen LogP contribution is 2.15. The summed E-state index contributed by atoms with van der Waals surface area (Å²) in [7, 11) is 3.60. The normalized spacial score (nSPS) is 16.9. The molecule has 1 saturated heterocycles. The fraction of sp³-hybridized carbons (Fsp3) is 0.682. The number of benzene rings is 1. The molecule has 0 saturated carbocycles. The number of aliphatic imine (C=N–C) groups is 1. The number of nitrogens with one attached hydrogen (secondary N) is 2. The third kappa shape index (κ3) is 11.2. The van der Waals surface area contributed by atoms with E-state index in [1.165, 1.54) is 18.4 Å². The minimum Gasteiger partial charge on any atom is -0.383 e. The first-order chi connectivity index (χ1) is 13.7. The van der Waals surface area contributed by atoms with Crippen LogP contribution in [0.4, 0.5) is 0 Å². The van der Waals surface area contributed by atoms with Gasteiger partial charge in [-0.25, -0.2) is 0 Å². The fourth-order valence-electron chi connectivity index (χ4n) is 3.38. The molecule has 0 radical (unpaired) electrons. The summed E-state index contributed by atoms with van der Waals surface area (Å²) < 4.78 is 11.0. The minimum absolute atomic E-state index is 0. The molecule has 1 aliphatic rings. The van der Waals surface area contributed by atoms with Crippen molar-refractivity contribution in [1.29, 1.82) is 0 Å². The van der Waals surface area contributed by atoms with Gasteiger partial charge in [0.25, 0.3) is 0 Å². The second-order valence-corrected chi connectivity index (χ2v) is 7.72. The van der Waals surface area contributed by atoms with Gasteiger partial charge in [-0.15, -0.1) is 24.0 Å². The number of piperidine rings is 1. The van der Waals surface area contributed by atoms with E-state index in [1.807, 2.05) is 25.2 Å². The molecule has 166 valence electrons. The lowest BCUT2D eigenvalue weighted by Gasteiger charge is -2.32. The summed E-state index contributed by atoms with van der Waals surface area (Å²) >= 11 is 0. The van der Waals surface area contributed by atoms with E-state index in [0.29, 0.717) is 18.4 Å². The Labute approximate surface area is 193 Å². The lowest BCUT2D eigenvalue weighted by Crippen LogP contribution is -2.44. The highest BCUT2D eigenvalue weighted by Gasteiger charge is 2.19. The predicted molar refractivity (Wildman–Crippen MR) is 131 cm³/mol. The van der Waals surface area contributed by atoms with Gasteiger partial charge in [0.1, 0.15) is 0 Å². The van der Waals surface area contributed by atoms with Crippen LogP contribution in [0.2, 0.25) is 0 Å². The third-order valence-electron chi connectivity index (χ3n) is 5.23. The highest BCUT2D eigenvalue weighted by atomic mass is 127. The van der Waals surface area contributed by atoms with Gasteiger partial charge in [-0.1, -0.05) is 37.3 Å². The van der Waals surface area contributed by atoms with E-state index in [-0.39, 0.29) is 24.0 Å². The van der Waals surface area contributed by atoms with Gasteiger partial charge in [0.15, 0.2) is 5.96 Å². The molecule has 0 spiro atoms. The average Bonchev–Trinajstić information content (AvgIpc) is 2.74. The molecule has 6 nitrogen and oxygen atoms in total. The van der Waals surface area contributed by atoms with Gasteiger partial charge < -0.3 is 25.0 Å². The number of ether oxygens (including phenoxy) is 2. The molecule has 0 aliphatic carbocycles. The van der Waals surface area contributed by atoms with Crippen LogP contribution >= 0.6 is 24.0 Å². The molecular formula is C22H39IN4O2. The molecule has 2 N–H and O–H groups in total. The Bertz CT molecular complexity index is 551. The lowest BCUT2D eigenvalue weighted by molar-refractivity contribution is 0.0931. The molecule has 1 unspecified atom stereocenters. The fourth-order valence-corrected chi connectivity index (χ4v) is 3.38. The van der Waals surface area contributed by atoms with Crippen LogP contribution in [0.25, 0.3) is 0 Å². The first kappa shape index (κ1) is 26.1. The Kier molecular flexibility index (Phi) is 14.3. The van der Waals surface area contributed by atoms with E-state index >= 15 is 0 Å². The standard InChI is InChI=1S/C22H38N4O2.HI/c1-19(17-28-18-21-7-5-4-6-8-21)15-24-22(23-2)25-16-20-9-11-26(12-10-20)13-14-27-3;/h4-8,19-20H,9-18H2,1-3H3,(H2,23,24,25);1H. The van der Waals surface area contributed by atoms with Gasteiger partial charge in [0, 0.05) is 33.8 Å². The second-order valence-electron chi connectivity index (χ2n) is 7.72. The van der Waals surface area contributed by atoms with E-state index in [2.05, 4.69) is 39.6 Å². The molecule has 0 bridgehead atoms. The predicted octanol–water partition coefficient (Wildman–Crippen LogP) is 2.98. The number of halogens is 1. The zero-order chi connectivity index (χ0) is 20.0. The van der Waals surface area contributed by atoms with E-state index in [9.17, 15) is 0 Å². The molecule has 1 heterocycles. The monoisotopic (exact) mass is 518 g/mol. The molecule has 0 amide bonds. The zero-order valence-electron chi connectivity index (χ0n) is 18.2. The lowest BCUT2D eigenvalue weighted by atomic mass is 9.97. The Balaban J connectivity index is 0.00000420. The van der Waals surface area contributed by atoms with Crippen LogP contribution in [0.5, 0.6) is 0 Å². The van der Waals surface area contributed by atoms with Crippen LogP contribution in [0.1, 0.15) is 25.3 Å². The summed E-state index contributed by atoms with van der Waals surface area (Å²) in [5.74, 6) is 2.02. The first-order valence-corrected chi connectivity index (χ1v) is 10.5. The first-order valence-electron chi connectivity index (χ1n) is 10.5. The van der Waals surface area contributed by atoms with Gasteiger partial charge >= 0.3 is 0 Å². The smallest absolute Gasteiger partial charge is 0.190 e. The van der Waals surface area contributed by atoms with Gasteiger partial charge in [-0.2, -0.15) is 0 Å². The Hall–Kier alpha value is -0.900.